The number of aryl methyl sites for hydroxylation is 1. The van der Waals surface area contributed by atoms with Gasteiger partial charge in [0.1, 0.15) is 11.9 Å². The Kier molecular flexibility index (Phi) is 3.23. The zero-order valence-corrected chi connectivity index (χ0v) is 10.6. The van der Waals surface area contributed by atoms with E-state index in [1.54, 1.807) is 17.5 Å². The van der Waals surface area contributed by atoms with Gasteiger partial charge in [-0.3, -0.25) is 0 Å². The Labute approximate surface area is 101 Å². The van der Waals surface area contributed by atoms with Crippen LogP contribution in [0.4, 0.5) is 0 Å². The molecule has 0 aliphatic carbocycles. The Bertz CT molecular complexity index is 452. The number of halogens is 1. The second kappa shape index (κ2) is 4.47. The van der Waals surface area contributed by atoms with E-state index in [2.05, 4.69) is 20.9 Å². The van der Waals surface area contributed by atoms with Crippen molar-refractivity contribution in [3.63, 3.8) is 0 Å². The van der Waals surface area contributed by atoms with E-state index in [0.717, 1.165) is 9.35 Å². The fourth-order valence-electron chi connectivity index (χ4n) is 1.44. The molecular weight excluding hydrogens is 276 g/mol. The van der Waals surface area contributed by atoms with Crippen molar-refractivity contribution < 1.29 is 5.11 Å². The lowest BCUT2D eigenvalue weighted by Gasteiger charge is -2.09. The zero-order valence-electron chi connectivity index (χ0n) is 8.22. The molecule has 0 bridgehead atoms. The van der Waals surface area contributed by atoms with Gasteiger partial charge >= 0.3 is 0 Å². The lowest BCUT2D eigenvalue weighted by atomic mass is 10.2. The van der Waals surface area contributed by atoms with Crippen LogP contribution in [0.5, 0.6) is 0 Å². The van der Waals surface area contributed by atoms with E-state index in [0.29, 0.717) is 12.2 Å². The molecule has 0 aromatic carbocycles. The van der Waals surface area contributed by atoms with Crippen LogP contribution in [0.1, 0.15) is 16.8 Å². The summed E-state index contributed by atoms with van der Waals surface area (Å²) in [6.07, 6.45) is 3.59. The third-order valence-corrected chi connectivity index (χ3v) is 4.17. The first-order valence-electron chi connectivity index (χ1n) is 4.55. The molecule has 0 saturated carbocycles. The van der Waals surface area contributed by atoms with E-state index in [9.17, 15) is 5.11 Å². The molecule has 0 aliphatic heterocycles. The van der Waals surface area contributed by atoms with Crippen molar-refractivity contribution >= 4 is 27.3 Å². The highest BCUT2D eigenvalue weighted by Crippen LogP contribution is 2.27. The second-order valence-corrected chi connectivity index (χ2v) is 5.16. The fourth-order valence-corrected chi connectivity index (χ4v) is 2.99. The van der Waals surface area contributed by atoms with Crippen LogP contribution in [0, 0.1) is 0 Å². The van der Waals surface area contributed by atoms with Crippen LogP contribution < -0.4 is 0 Å². The first-order chi connectivity index (χ1) is 7.18. The Morgan fingerprint density at radius 2 is 2.47 bits per heavy atom. The van der Waals surface area contributed by atoms with Gasteiger partial charge in [0.2, 0.25) is 0 Å². The Morgan fingerprint density at radius 1 is 1.67 bits per heavy atom. The molecule has 0 radical (unpaired) electrons. The standard InChI is InChI=1S/C10H11BrN2OS/c1-13-4-3-12-10(13)8(14)6-9-7(11)2-5-15-9/h2-5,8,14H,6H2,1H3. The minimum absolute atomic E-state index is 0.542. The van der Waals surface area contributed by atoms with E-state index in [-0.39, 0.29) is 0 Å². The summed E-state index contributed by atoms with van der Waals surface area (Å²) in [4.78, 5) is 5.27. The van der Waals surface area contributed by atoms with Gasteiger partial charge in [0, 0.05) is 35.2 Å². The molecule has 0 amide bonds. The largest absolute Gasteiger partial charge is 0.385 e. The van der Waals surface area contributed by atoms with Crippen molar-refractivity contribution in [3.05, 3.63) is 39.0 Å². The van der Waals surface area contributed by atoms with E-state index < -0.39 is 6.10 Å². The Balaban J connectivity index is 2.14. The molecule has 3 nitrogen and oxygen atoms in total. The smallest absolute Gasteiger partial charge is 0.137 e. The first kappa shape index (κ1) is 10.9. The van der Waals surface area contributed by atoms with Gasteiger partial charge in [-0.15, -0.1) is 11.3 Å². The van der Waals surface area contributed by atoms with Gasteiger partial charge in [0.05, 0.1) is 0 Å². The SMILES string of the molecule is Cn1ccnc1C(O)Cc1sccc1Br. The summed E-state index contributed by atoms with van der Waals surface area (Å²) in [6.45, 7) is 0. The molecule has 0 fully saturated rings. The monoisotopic (exact) mass is 286 g/mol. The number of imidazole rings is 1. The van der Waals surface area contributed by atoms with Gasteiger partial charge < -0.3 is 9.67 Å². The number of hydrogen-bond acceptors (Lipinski definition) is 3. The number of aromatic nitrogens is 2. The molecule has 1 atom stereocenters. The summed E-state index contributed by atoms with van der Waals surface area (Å²) in [6, 6.07) is 1.99. The normalized spacial score (nSPS) is 13.0. The van der Waals surface area contributed by atoms with Crippen molar-refractivity contribution in [2.45, 2.75) is 12.5 Å². The van der Waals surface area contributed by atoms with E-state index >= 15 is 0 Å². The van der Waals surface area contributed by atoms with Crippen molar-refractivity contribution in [3.8, 4) is 0 Å². The molecule has 2 aromatic rings. The fraction of sp³-hybridized carbons (Fsp3) is 0.300. The maximum Gasteiger partial charge on any atom is 0.137 e. The lowest BCUT2D eigenvalue weighted by Crippen LogP contribution is -2.07. The van der Waals surface area contributed by atoms with Gasteiger partial charge in [-0.2, -0.15) is 0 Å². The maximum atomic E-state index is 9.99. The average Bonchev–Trinajstić information content (AvgIpc) is 2.76. The number of aliphatic hydroxyl groups excluding tert-OH is 1. The van der Waals surface area contributed by atoms with E-state index in [1.165, 1.54) is 0 Å². The first-order valence-corrected chi connectivity index (χ1v) is 6.23. The Hall–Kier alpha value is -0.650. The number of nitrogens with zero attached hydrogens (tertiary/aromatic N) is 2. The molecule has 2 aromatic heterocycles. The number of thiophene rings is 1. The molecule has 1 N–H and O–H groups in total. The minimum Gasteiger partial charge on any atom is -0.385 e. The third-order valence-electron chi connectivity index (χ3n) is 2.23. The molecule has 1 unspecified atom stereocenters. The summed E-state index contributed by atoms with van der Waals surface area (Å²) >= 11 is 5.09. The summed E-state index contributed by atoms with van der Waals surface area (Å²) in [5.41, 5.74) is 0. The molecule has 2 rings (SSSR count). The molecular formula is C10H11BrN2OS. The summed E-state index contributed by atoms with van der Waals surface area (Å²) < 4.78 is 2.90. The van der Waals surface area contributed by atoms with Crippen LogP contribution in [-0.4, -0.2) is 14.7 Å². The predicted molar refractivity (Wildman–Crippen MR) is 63.9 cm³/mol. The van der Waals surface area contributed by atoms with Crippen LogP contribution in [-0.2, 0) is 13.5 Å². The minimum atomic E-state index is -0.542. The van der Waals surface area contributed by atoms with Gasteiger partial charge in [0.25, 0.3) is 0 Å². The van der Waals surface area contributed by atoms with Gasteiger partial charge in [-0.1, -0.05) is 0 Å². The lowest BCUT2D eigenvalue weighted by molar-refractivity contribution is 0.166. The maximum absolute atomic E-state index is 9.99. The topological polar surface area (TPSA) is 38.0 Å². The third kappa shape index (κ3) is 2.30. The van der Waals surface area contributed by atoms with Gasteiger partial charge in [-0.25, -0.2) is 4.98 Å². The van der Waals surface area contributed by atoms with Crippen LogP contribution >= 0.6 is 27.3 Å². The van der Waals surface area contributed by atoms with Crippen molar-refractivity contribution in [2.24, 2.45) is 7.05 Å². The molecule has 5 heteroatoms. The Morgan fingerprint density at radius 3 is 3.00 bits per heavy atom. The number of rotatable bonds is 3. The van der Waals surface area contributed by atoms with Gasteiger partial charge in [0.15, 0.2) is 0 Å². The number of hydrogen-bond donors (Lipinski definition) is 1. The second-order valence-electron chi connectivity index (χ2n) is 3.31. The van der Waals surface area contributed by atoms with E-state index in [1.807, 2.05) is 29.3 Å². The van der Waals surface area contributed by atoms with E-state index in [4.69, 9.17) is 0 Å². The zero-order chi connectivity index (χ0) is 10.8. The van der Waals surface area contributed by atoms with Crippen LogP contribution in [0.3, 0.4) is 0 Å². The highest BCUT2D eigenvalue weighted by molar-refractivity contribution is 9.10. The summed E-state index contributed by atoms with van der Waals surface area (Å²) in [5, 5.41) is 12.0. The summed E-state index contributed by atoms with van der Waals surface area (Å²) in [7, 11) is 1.88. The summed E-state index contributed by atoms with van der Waals surface area (Å²) in [5.74, 6) is 0.704. The predicted octanol–water partition coefficient (Wildman–Crippen LogP) is 2.52. The molecule has 2 heterocycles. The van der Waals surface area contributed by atoms with Gasteiger partial charge in [-0.05, 0) is 27.4 Å². The van der Waals surface area contributed by atoms with Crippen LogP contribution in [0.25, 0.3) is 0 Å². The molecule has 0 spiro atoms. The molecule has 0 aliphatic rings. The van der Waals surface area contributed by atoms with Crippen molar-refractivity contribution in [1.82, 2.24) is 9.55 Å². The highest BCUT2D eigenvalue weighted by atomic mass is 79.9. The molecule has 80 valence electrons. The highest BCUT2D eigenvalue weighted by Gasteiger charge is 2.15. The number of aliphatic hydroxyl groups is 1. The quantitative estimate of drug-likeness (QED) is 0.942. The van der Waals surface area contributed by atoms with Crippen LogP contribution in [0.15, 0.2) is 28.3 Å². The average molecular weight is 287 g/mol. The van der Waals surface area contributed by atoms with Crippen molar-refractivity contribution in [1.29, 1.82) is 0 Å². The molecule has 0 saturated heterocycles. The van der Waals surface area contributed by atoms with Crippen molar-refractivity contribution in [2.75, 3.05) is 0 Å². The molecule has 15 heavy (non-hydrogen) atoms. The van der Waals surface area contributed by atoms with Crippen LogP contribution in [0.2, 0.25) is 0 Å².